The number of carbonyl (C=O) groups is 1. The summed E-state index contributed by atoms with van der Waals surface area (Å²) in [5.74, 6) is -0.447. The van der Waals surface area contributed by atoms with E-state index in [4.69, 9.17) is 16.3 Å². The highest BCUT2D eigenvalue weighted by molar-refractivity contribution is 7.92. The molecule has 0 radical (unpaired) electrons. The second kappa shape index (κ2) is 8.05. The molecule has 0 fully saturated rings. The smallest absolute Gasteiger partial charge is 0.418 e. The molecule has 0 aliphatic heterocycles. The first-order chi connectivity index (χ1) is 12.5. The van der Waals surface area contributed by atoms with Crippen LogP contribution in [-0.2, 0) is 25.7 Å². The van der Waals surface area contributed by atoms with E-state index in [1.54, 1.807) is 0 Å². The monoisotopic (exact) mass is 423 g/mol. The first-order valence-electron chi connectivity index (χ1n) is 7.22. The van der Waals surface area contributed by atoms with Crippen LogP contribution in [0.15, 0.2) is 47.4 Å². The molecule has 2 rings (SSSR count). The molecule has 0 unspecified atom stereocenters. The molecule has 0 saturated carbocycles. The summed E-state index contributed by atoms with van der Waals surface area (Å²) in [5.41, 5.74) is -1.87. The van der Waals surface area contributed by atoms with Crippen LogP contribution >= 0.6 is 11.6 Å². The molecule has 0 spiro atoms. The molecule has 0 atom stereocenters. The van der Waals surface area contributed by atoms with Crippen molar-refractivity contribution in [1.29, 1.82) is 0 Å². The van der Waals surface area contributed by atoms with Gasteiger partial charge in [-0.1, -0.05) is 11.6 Å². The van der Waals surface area contributed by atoms with Gasteiger partial charge >= 0.3 is 12.1 Å². The van der Waals surface area contributed by atoms with Crippen molar-refractivity contribution in [2.45, 2.75) is 11.1 Å². The first kappa shape index (κ1) is 20.8. The van der Waals surface area contributed by atoms with E-state index in [2.05, 4.69) is 4.74 Å². The molecule has 0 amide bonds. The number of rotatable bonds is 6. The van der Waals surface area contributed by atoms with Gasteiger partial charge in [-0.15, -0.1) is 0 Å². The van der Waals surface area contributed by atoms with Crippen LogP contribution in [0, 0.1) is 0 Å². The molecule has 0 aliphatic rings. The van der Waals surface area contributed by atoms with Crippen molar-refractivity contribution in [2.75, 3.05) is 18.4 Å². The zero-order chi connectivity index (χ0) is 20.2. The quantitative estimate of drug-likeness (QED) is 0.716. The van der Waals surface area contributed by atoms with Crippen LogP contribution in [0.2, 0.25) is 5.02 Å². The normalized spacial score (nSPS) is 11.7. The van der Waals surface area contributed by atoms with E-state index in [0.29, 0.717) is 6.07 Å². The van der Waals surface area contributed by atoms with Gasteiger partial charge in [0.1, 0.15) is 5.75 Å². The second-order valence-corrected chi connectivity index (χ2v) is 7.25. The van der Waals surface area contributed by atoms with Gasteiger partial charge in [-0.3, -0.25) is 4.72 Å². The van der Waals surface area contributed by atoms with E-state index >= 15 is 0 Å². The SMILES string of the molecule is COC(=O)COc1ccc(S(=O)(=O)Nc2ccc(Cl)cc2C(F)(F)F)cc1. The number of hydrogen-bond acceptors (Lipinski definition) is 5. The van der Waals surface area contributed by atoms with Crippen LogP contribution in [0.1, 0.15) is 5.56 Å². The third kappa shape index (κ3) is 5.51. The minimum absolute atomic E-state index is 0.182. The number of alkyl halides is 3. The topological polar surface area (TPSA) is 81.7 Å². The molecule has 2 aromatic rings. The summed E-state index contributed by atoms with van der Waals surface area (Å²) in [7, 11) is -3.12. The predicted molar refractivity (Wildman–Crippen MR) is 91.2 cm³/mol. The number of anilines is 1. The fourth-order valence-electron chi connectivity index (χ4n) is 1.96. The van der Waals surface area contributed by atoms with Gasteiger partial charge in [-0.25, -0.2) is 13.2 Å². The maximum absolute atomic E-state index is 13.1. The third-order valence-electron chi connectivity index (χ3n) is 3.25. The van der Waals surface area contributed by atoms with Crippen LogP contribution < -0.4 is 9.46 Å². The van der Waals surface area contributed by atoms with Crippen molar-refractivity contribution in [1.82, 2.24) is 0 Å². The molecule has 146 valence electrons. The largest absolute Gasteiger partial charge is 0.482 e. The lowest BCUT2D eigenvalue weighted by atomic mass is 10.2. The second-order valence-electron chi connectivity index (χ2n) is 5.13. The van der Waals surface area contributed by atoms with Gasteiger partial charge in [0, 0.05) is 5.02 Å². The van der Waals surface area contributed by atoms with Crippen molar-refractivity contribution < 1.29 is 35.9 Å². The summed E-state index contributed by atoms with van der Waals surface area (Å²) in [6.45, 7) is -0.374. The fraction of sp³-hybridized carbons (Fsp3) is 0.188. The van der Waals surface area contributed by atoms with Crippen molar-refractivity contribution in [3.8, 4) is 5.75 Å². The maximum atomic E-state index is 13.1. The average molecular weight is 424 g/mol. The highest BCUT2D eigenvalue weighted by Crippen LogP contribution is 2.37. The molecule has 27 heavy (non-hydrogen) atoms. The Bertz CT molecular complexity index is 930. The van der Waals surface area contributed by atoms with Crippen molar-refractivity contribution in [3.63, 3.8) is 0 Å². The van der Waals surface area contributed by atoms with E-state index < -0.39 is 33.4 Å². The van der Waals surface area contributed by atoms with Crippen LogP contribution in [-0.4, -0.2) is 28.1 Å². The Balaban J connectivity index is 2.24. The summed E-state index contributed by atoms with van der Waals surface area (Å²) in [4.78, 5) is 10.7. The third-order valence-corrected chi connectivity index (χ3v) is 4.87. The van der Waals surface area contributed by atoms with Gasteiger partial charge in [0.25, 0.3) is 10.0 Å². The summed E-state index contributed by atoms with van der Waals surface area (Å²) in [6, 6.07) is 7.45. The summed E-state index contributed by atoms with van der Waals surface area (Å²) in [6.07, 6.45) is -4.80. The zero-order valence-corrected chi connectivity index (χ0v) is 15.3. The number of halogens is 4. The molecule has 1 N–H and O–H groups in total. The first-order valence-corrected chi connectivity index (χ1v) is 9.08. The Kier molecular flexibility index (Phi) is 6.22. The van der Waals surface area contributed by atoms with E-state index in [-0.39, 0.29) is 22.3 Å². The maximum Gasteiger partial charge on any atom is 0.418 e. The van der Waals surface area contributed by atoms with Crippen LogP contribution in [0.4, 0.5) is 18.9 Å². The van der Waals surface area contributed by atoms with Crippen LogP contribution in [0.5, 0.6) is 5.75 Å². The van der Waals surface area contributed by atoms with Gasteiger partial charge in [0.15, 0.2) is 6.61 Å². The number of esters is 1. The molecule has 0 aliphatic carbocycles. The number of methoxy groups -OCH3 is 1. The Morgan fingerprint density at radius 1 is 1.15 bits per heavy atom. The molecule has 2 aromatic carbocycles. The van der Waals surface area contributed by atoms with Gasteiger partial charge in [0.05, 0.1) is 23.3 Å². The highest BCUT2D eigenvalue weighted by Gasteiger charge is 2.35. The summed E-state index contributed by atoms with van der Waals surface area (Å²) >= 11 is 5.57. The number of carbonyl (C=O) groups excluding carboxylic acids is 1. The van der Waals surface area contributed by atoms with Crippen molar-refractivity contribution >= 4 is 33.3 Å². The van der Waals surface area contributed by atoms with E-state index in [1.807, 2.05) is 4.72 Å². The lowest BCUT2D eigenvalue weighted by molar-refractivity contribution is -0.143. The summed E-state index contributed by atoms with van der Waals surface area (Å²) < 4.78 is 75.4. The Labute approximate surface area is 157 Å². The van der Waals surface area contributed by atoms with E-state index in [1.165, 1.54) is 19.2 Å². The lowest BCUT2D eigenvalue weighted by Gasteiger charge is -2.15. The number of nitrogens with one attached hydrogen (secondary N) is 1. The van der Waals surface area contributed by atoms with Crippen LogP contribution in [0.3, 0.4) is 0 Å². The molecule has 11 heteroatoms. The highest BCUT2D eigenvalue weighted by atomic mass is 35.5. The lowest BCUT2D eigenvalue weighted by Crippen LogP contribution is -2.17. The number of hydrogen-bond donors (Lipinski definition) is 1. The molecule has 0 bridgehead atoms. The molecule has 0 aromatic heterocycles. The number of ether oxygens (including phenoxy) is 2. The minimum Gasteiger partial charge on any atom is -0.482 e. The van der Waals surface area contributed by atoms with Gasteiger partial charge in [-0.2, -0.15) is 13.2 Å². The fourth-order valence-corrected chi connectivity index (χ4v) is 3.21. The molecule has 0 heterocycles. The van der Waals surface area contributed by atoms with Gasteiger partial charge in [-0.05, 0) is 42.5 Å². The predicted octanol–water partition coefficient (Wildman–Crippen LogP) is 3.71. The van der Waals surface area contributed by atoms with Crippen molar-refractivity contribution in [2.24, 2.45) is 0 Å². The van der Waals surface area contributed by atoms with Crippen molar-refractivity contribution in [3.05, 3.63) is 53.1 Å². The van der Waals surface area contributed by atoms with E-state index in [0.717, 1.165) is 24.3 Å². The number of sulfonamides is 1. The Hall–Kier alpha value is -2.46. The minimum atomic E-state index is -4.80. The number of benzene rings is 2. The van der Waals surface area contributed by atoms with Gasteiger partial charge < -0.3 is 9.47 Å². The Morgan fingerprint density at radius 2 is 1.78 bits per heavy atom. The van der Waals surface area contributed by atoms with Gasteiger partial charge in [0.2, 0.25) is 0 Å². The van der Waals surface area contributed by atoms with E-state index in [9.17, 15) is 26.4 Å². The molecular formula is C16H13ClF3NO5S. The molecule has 6 nitrogen and oxygen atoms in total. The summed E-state index contributed by atoms with van der Waals surface area (Å²) in [5, 5.41) is -0.183. The molecular weight excluding hydrogens is 411 g/mol. The molecule has 0 saturated heterocycles. The van der Waals surface area contributed by atoms with Crippen LogP contribution in [0.25, 0.3) is 0 Å². The standard InChI is InChI=1S/C16H13ClF3NO5S/c1-25-15(22)9-26-11-3-5-12(6-4-11)27(23,24)21-14-7-2-10(17)8-13(14)16(18,19)20/h2-8,21H,9H2,1H3. The average Bonchev–Trinajstić information content (AvgIpc) is 2.60. The Morgan fingerprint density at radius 3 is 2.33 bits per heavy atom. The zero-order valence-electron chi connectivity index (χ0n) is 13.7.